The van der Waals surface area contributed by atoms with Crippen molar-refractivity contribution >= 4 is 29.6 Å². The average Bonchev–Trinajstić information content (AvgIpc) is 2.50. The zero-order valence-corrected chi connectivity index (χ0v) is 12.9. The molecule has 1 aromatic rings. The molecule has 1 amide bonds. The Morgan fingerprint density at radius 2 is 1.76 bits per heavy atom. The molecule has 0 aliphatic rings. The Labute approximate surface area is 127 Å². The number of hydrogen-bond donors (Lipinski definition) is 1. The number of benzene rings is 1. The first kappa shape index (κ1) is 17.0. The molecule has 0 saturated heterocycles. The number of rotatable bonds is 6. The molecule has 0 heterocycles. The largest absolute Gasteiger partial charge is 0.467 e. The maximum atomic E-state index is 11.5. The summed E-state index contributed by atoms with van der Waals surface area (Å²) in [6, 6.07) is 6.06. The summed E-state index contributed by atoms with van der Waals surface area (Å²) in [5.41, 5.74) is 0.452. The molecule has 1 N–H and O–H groups in total. The fourth-order valence-corrected chi connectivity index (χ4v) is 2.45. The zero-order valence-electron chi connectivity index (χ0n) is 12.0. The van der Waals surface area contributed by atoms with E-state index < -0.39 is 18.0 Å². The van der Waals surface area contributed by atoms with Crippen molar-refractivity contribution in [3.05, 3.63) is 29.8 Å². The molecule has 0 spiro atoms. The van der Waals surface area contributed by atoms with Gasteiger partial charge in [0.2, 0.25) is 5.91 Å². The number of ether oxygens (including phenoxy) is 2. The molecule has 0 bridgehead atoms. The smallest absolute Gasteiger partial charge is 0.337 e. The predicted octanol–water partition coefficient (Wildman–Crippen LogP) is 1.24. The van der Waals surface area contributed by atoms with E-state index >= 15 is 0 Å². The fraction of sp³-hybridized carbons (Fsp3) is 0.357. The monoisotopic (exact) mass is 311 g/mol. The highest BCUT2D eigenvalue weighted by Gasteiger charge is 2.20. The number of hydrogen-bond acceptors (Lipinski definition) is 6. The van der Waals surface area contributed by atoms with Crippen LogP contribution in [0.4, 0.5) is 0 Å². The van der Waals surface area contributed by atoms with Gasteiger partial charge in [0.15, 0.2) is 0 Å². The summed E-state index contributed by atoms with van der Waals surface area (Å²) in [6.07, 6.45) is 0. The maximum absolute atomic E-state index is 11.5. The van der Waals surface area contributed by atoms with Crippen LogP contribution in [0.2, 0.25) is 0 Å². The molecule has 0 unspecified atom stereocenters. The Morgan fingerprint density at radius 3 is 2.24 bits per heavy atom. The highest BCUT2D eigenvalue weighted by atomic mass is 32.2. The van der Waals surface area contributed by atoms with Gasteiger partial charge < -0.3 is 14.8 Å². The van der Waals surface area contributed by atoms with Gasteiger partial charge in [-0.2, -0.15) is 0 Å². The van der Waals surface area contributed by atoms with E-state index in [9.17, 15) is 14.4 Å². The van der Waals surface area contributed by atoms with Crippen LogP contribution in [-0.2, 0) is 19.1 Å². The Balaban J connectivity index is 2.65. The number of amides is 1. The molecule has 0 radical (unpaired) electrons. The molecule has 0 aliphatic carbocycles. The second-order valence-electron chi connectivity index (χ2n) is 4.10. The van der Waals surface area contributed by atoms with Gasteiger partial charge in [-0.05, 0) is 24.3 Å². The summed E-state index contributed by atoms with van der Waals surface area (Å²) in [5.74, 6) is -0.864. The van der Waals surface area contributed by atoms with Crippen molar-refractivity contribution in [1.29, 1.82) is 0 Å². The SMILES string of the molecule is COC(=O)c1ccc(SC[C@H](NC(C)=O)C(=O)OC)cc1. The number of carbonyl (C=O) groups excluding carboxylic acids is 3. The lowest BCUT2D eigenvalue weighted by Gasteiger charge is -2.14. The lowest BCUT2D eigenvalue weighted by molar-refractivity contribution is -0.144. The molecular formula is C14H17NO5S. The summed E-state index contributed by atoms with van der Waals surface area (Å²) in [4.78, 5) is 34.8. The van der Waals surface area contributed by atoms with Gasteiger partial charge in [-0.1, -0.05) is 0 Å². The van der Waals surface area contributed by atoms with E-state index in [1.807, 2.05) is 0 Å². The van der Waals surface area contributed by atoms with Gasteiger partial charge in [-0.3, -0.25) is 4.79 Å². The normalized spacial score (nSPS) is 11.4. The molecule has 0 fully saturated rings. The first-order valence-corrected chi connectivity index (χ1v) is 7.12. The van der Waals surface area contributed by atoms with Crippen molar-refractivity contribution in [2.45, 2.75) is 17.9 Å². The van der Waals surface area contributed by atoms with Crippen molar-refractivity contribution in [2.24, 2.45) is 0 Å². The standard InChI is InChI=1S/C14H17NO5S/c1-9(16)15-12(14(18)20-3)8-21-11-6-4-10(5-7-11)13(17)19-2/h4-7,12H,8H2,1-3H3,(H,15,16)/t12-/m0/s1. The molecule has 7 heteroatoms. The molecule has 1 aromatic carbocycles. The van der Waals surface area contributed by atoms with Crippen LogP contribution in [0.25, 0.3) is 0 Å². The molecule has 1 atom stereocenters. The second-order valence-corrected chi connectivity index (χ2v) is 5.20. The third-order valence-electron chi connectivity index (χ3n) is 2.56. The summed E-state index contributed by atoms with van der Waals surface area (Å²) >= 11 is 1.37. The molecule has 1 rings (SSSR count). The molecule has 0 aliphatic heterocycles. The Kier molecular flexibility index (Phi) is 6.74. The first-order chi connectivity index (χ1) is 9.97. The number of carbonyl (C=O) groups is 3. The van der Waals surface area contributed by atoms with Crippen LogP contribution < -0.4 is 5.32 Å². The maximum Gasteiger partial charge on any atom is 0.337 e. The number of thioether (sulfide) groups is 1. The number of methoxy groups -OCH3 is 2. The van der Waals surface area contributed by atoms with Gasteiger partial charge in [0, 0.05) is 17.6 Å². The van der Waals surface area contributed by atoms with Gasteiger partial charge in [-0.15, -0.1) is 11.8 Å². The van der Waals surface area contributed by atoms with Crippen molar-refractivity contribution in [1.82, 2.24) is 5.32 Å². The summed E-state index contributed by atoms with van der Waals surface area (Å²) in [7, 11) is 2.59. The van der Waals surface area contributed by atoms with Crippen molar-refractivity contribution in [3.63, 3.8) is 0 Å². The molecule has 0 aromatic heterocycles. The highest BCUT2D eigenvalue weighted by Crippen LogP contribution is 2.20. The van der Waals surface area contributed by atoms with Crippen LogP contribution in [0.5, 0.6) is 0 Å². The van der Waals surface area contributed by atoms with Crippen LogP contribution >= 0.6 is 11.8 Å². The lowest BCUT2D eigenvalue weighted by Crippen LogP contribution is -2.42. The molecular weight excluding hydrogens is 294 g/mol. The lowest BCUT2D eigenvalue weighted by atomic mass is 10.2. The van der Waals surface area contributed by atoms with E-state index in [-0.39, 0.29) is 5.91 Å². The molecule has 0 saturated carbocycles. The molecule has 6 nitrogen and oxygen atoms in total. The van der Waals surface area contributed by atoms with E-state index in [1.165, 1.54) is 32.9 Å². The van der Waals surface area contributed by atoms with Crippen LogP contribution in [0, 0.1) is 0 Å². The van der Waals surface area contributed by atoms with E-state index in [0.29, 0.717) is 11.3 Å². The van der Waals surface area contributed by atoms with Gasteiger partial charge in [0.25, 0.3) is 0 Å². The van der Waals surface area contributed by atoms with Crippen LogP contribution in [0.1, 0.15) is 17.3 Å². The minimum absolute atomic E-state index is 0.299. The summed E-state index contributed by atoms with van der Waals surface area (Å²) in [5, 5.41) is 2.53. The van der Waals surface area contributed by atoms with E-state index in [1.54, 1.807) is 24.3 Å². The second kappa shape index (κ2) is 8.31. The van der Waals surface area contributed by atoms with Crippen molar-refractivity contribution in [3.8, 4) is 0 Å². The fourth-order valence-electron chi connectivity index (χ4n) is 1.54. The van der Waals surface area contributed by atoms with Gasteiger partial charge in [-0.25, -0.2) is 9.59 Å². The first-order valence-electron chi connectivity index (χ1n) is 6.14. The number of esters is 2. The highest BCUT2D eigenvalue weighted by molar-refractivity contribution is 7.99. The topological polar surface area (TPSA) is 81.7 Å². The van der Waals surface area contributed by atoms with Crippen LogP contribution in [0.3, 0.4) is 0 Å². The third-order valence-corrected chi connectivity index (χ3v) is 3.66. The van der Waals surface area contributed by atoms with Crippen molar-refractivity contribution < 1.29 is 23.9 Å². The molecule has 21 heavy (non-hydrogen) atoms. The summed E-state index contributed by atoms with van der Waals surface area (Å²) in [6.45, 7) is 1.34. The van der Waals surface area contributed by atoms with Gasteiger partial charge in [0.1, 0.15) is 6.04 Å². The van der Waals surface area contributed by atoms with Crippen LogP contribution in [0.15, 0.2) is 29.2 Å². The summed E-state index contributed by atoms with van der Waals surface area (Å²) < 4.78 is 9.25. The molecule has 114 valence electrons. The van der Waals surface area contributed by atoms with E-state index in [2.05, 4.69) is 14.8 Å². The van der Waals surface area contributed by atoms with Crippen LogP contribution in [-0.4, -0.2) is 43.9 Å². The van der Waals surface area contributed by atoms with E-state index in [0.717, 1.165) is 4.90 Å². The van der Waals surface area contributed by atoms with Gasteiger partial charge >= 0.3 is 11.9 Å². The Morgan fingerprint density at radius 1 is 1.14 bits per heavy atom. The van der Waals surface area contributed by atoms with Gasteiger partial charge in [0.05, 0.1) is 19.8 Å². The minimum Gasteiger partial charge on any atom is -0.467 e. The van der Waals surface area contributed by atoms with Crippen molar-refractivity contribution in [2.75, 3.05) is 20.0 Å². The van der Waals surface area contributed by atoms with E-state index in [4.69, 9.17) is 0 Å². The average molecular weight is 311 g/mol. The number of nitrogens with one attached hydrogen (secondary N) is 1. The third kappa shape index (κ3) is 5.47. The minimum atomic E-state index is -0.710. The Bertz CT molecular complexity index is 515. The predicted molar refractivity (Wildman–Crippen MR) is 78.1 cm³/mol. The quantitative estimate of drug-likeness (QED) is 0.629. The zero-order chi connectivity index (χ0) is 15.8. The Hall–Kier alpha value is -2.02.